The van der Waals surface area contributed by atoms with Crippen molar-refractivity contribution in [2.45, 2.75) is 0 Å². The van der Waals surface area contributed by atoms with Crippen molar-refractivity contribution in [3.8, 4) is 0 Å². The quantitative estimate of drug-likeness (QED) is 0.336. The molecule has 0 aliphatic rings. The molecule has 9 heavy (non-hydrogen) atoms. The Morgan fingerprint density at radius 1 is 0.333 bits per heavy atom. The van der Waals surface area contributed by atoms with E-state index in [1.165, 1.54) is 0 Å². The Morgan fingerprint density at radius 3 is 0.333 bits per heavy atom. The van der Waals surface area contributed by atoms with E-state index in [0.29, 0.717) is 0 Å². The summed E-state index contributed by atoms with van der Waals surface area (Å²) in [4.78, 5) is 0. The normalized spacial score (nSPS) is 0. The first-order chi connectivity index (χ1) is 0. The molecule has 0 bridgehead atoms. The Kier molecular flexibility index (Phi) is 23900. The number of halogens is 1. The van der Waals surface area contributed by atoms with E-state index in [2.05, 4.69) is 0 Å². The fraction of sp³-hybridized carbons (Fsp3) is 0. The van der Waals surface area contributed by atoms with E-state index < -0.39 is 0 Å². The van der Waals surface area contributed by atoms with Crippen LogP contribution in [0.4, 0.5) is 0 Å². The van der Waals surface area contributed by atoms with Crippen LogP contribution in [-0.4, -0.2) is 76.1 Å². The molecule has 7 nitrogen and oxygen atoms in total. The van der Waals surface area contributed by atoms with Crippen molar-refractivity contribution < 1.29 is 38.3 Å². The average Bonchev–Trinajstić information content (AvgIpc) is 0. The Labute approximate surface area is 88.0 Å². The molecule has 0 saturated heterocycles. The van der Waals surface area contributed by atoms with Crippen LogP contribution in [0.2, 0.25) is 0 Å². The summed E-state index contributed by atoms with van der Waals surface area (Å²) in [6.07, 6.45) is 0. The van der Waals surface area contributed by atoms with Gasteiger partial charge in [0.1, 0.15) is 0 Å². The van der Waals surface area contributed by atoms with E-state index in [1.807, 2.05) is 0 Å². The third-order valence-electron chi connectivity index (χ3n) is 0. The zero-order valence-corrected chi connectivity index (χ0v) is 4.72. The van der Waals surface area contributed by atoms with Gasteiger partial charge in [-0.25, -0.2) is 0 Å². The van der Waals surface area contributed by atoms with Gasteiger partial charge in [0, 0.05) is 0 Å². The summed E-state index contributed by atoms with van der Waals surface area (Å²) in [6, 6.07) is 0. The van der Waals surface area contributed by atoms with E-state index in [0.717, 1.165) is 0 Å². The molecule has 14 N–H and O–H groups in total. The van der Waals surface area contributed by atoms with Crippen LogP contribution in [0.3, 0.4) is 0 Å². The summed E-state index contributed by atoms with van der Waals surface area (Å²) >= 11 is 0. The molecule has 0 spiro atoms. The molecule has 0 radical (unpaired) electrons. The molecule has 0 heterocycles. The number of rotatable bonds is 0. The van der Waals surface area contributed by atoms with Crippen LogP contribution in [0.5, 0.6) is 0 Å². The molecule has 0 saturated carbocycles. The maximum atomic E-state index is 0. The Hall–Kier alpha value is 1.27. The summed E-state index contributed by atoms with van der Waals surface area (Å²) in [6.45, 7) is 0. The second kappa shape index (κ2) is 393. The third kappa shape index (κ3) is 304. The molecule has 0 fully saturated rings. The topological polar surface area (TPSA) is 220 Å². The minimum atomic E-state index is 0. The number of hydrogen-bond donors (Lipinski definition) is 0. The van der Waals surface area contributed by atoms with Crippen LogP contribution in [0, 0.1) is 0 Å². The molecule has 0 atom stereocenters. The van der Waals surface area contributed by atoms with Crippen LogP contribution in [0.15, 0.2) is 0 Å². The van der Waals surface area contributed by atoms with Crippen molar-refractivity contribution >= 4 is 50.1 Å². The van der Waals surface area contributed by atoms with Gasteiger partial charge in [0.15, 0.2) is 0 Å². The van der Waals surface area contributed by atoms with Gasteiger partial charge in [-0.3, -0.25) is 0 Å². The standard InChI is InChI=1S/Ca.ClH.7H2O.2H/h;1H;7*1H2;;. The van der Waals surface area contributed by atoms with E-state index >= 15 is 0 Å². The molecule has 0 rings (SSSR count). The molecule has 0 aromatic carbocycles. The molecule has 9 heteroatoms. The van der Waals surface area contributed by atoms with Crippen LogP contribution in [-0.2, 0) is 0 Å². The van der Waals surface area contributed by atoms with E-state index in [4.69, 9.17) is 0 Å². The third-order valence-corrected chi connectivity index (χ3v) is 0. The molecular formula is H17CaClO7. The second-order valence-electron chi connectivity index (χ2n) is 0. The summed E-state index contributed by atoms with van der Waals surface area (Å²) in [5.41, 5.74) is 0. The molecule has 68 valence electrons. The van der Waals surface area contributed by atoms with Crippen LogP contribution in [0.1, 0.15) is 0 Å². The van der Waals surface area contributed by atoms with Crippen molar-refractivity contribution in [2.24, 2.45) is 0 Å². The van der Waals surface area contributed by atoms with Gasteiger partial charge in [0.25, 0.3) is 0 Å². The van der Waals surface area contributed by atoms with E-state index in [-0.39, 0.29) is 88.5 Å². The van der Waals surface area contributed by atoms with E-state index in [9.17, 15) is 0 Å². The number of hydrogen-bond acceptors (Lipinski definition) is 0. The predicted octanol–water partition coefficient (Wildman–Crippen LogP) is -6.27. The van der Waals surface area contributed by atoms with Crippen molar-refractivity contribution in [1.82, 2.24) is 0 Å². The van der Waals surface area contributed by atoms with Gasteiger partial charge in [-0.15, -0.1) is 12.4 Å². The zero-order chi connectivity index (χ0) is 0. The monoisotopic (exact) mass is 204 g/mol. The Morgan fingerprint density at radius 2 is 0.333 bits per heavy atom. The van der Waals surface area contributed by atoms with Crippen LogP contribution in [0.25, 0.3) is 0 Å². The predicted molar refractivity (Wildman–Crippen MR) is 41.1 cm³/mol. The minimum absolute atomic E-state index is 0. The Bertz CT molecular complexity index is 8.88. The fourth-order valence-electron chi connectivity index (χ4n) is 0. The maximum absolute atomic E-state index is 0. The summed E-state index contributed by atoms with van der Waals surface area (Å²) in [5, 5.41) is 0. The van der Waals surface area contributed by atoms with Gasteiger partial charge in [0.2, 0.25) is 0 Å². The summed E-state index contributed by atoms with van der Waals surface area (Å²) in [5.74, 6) is 0. The molecule has 0 aromatic heterocycles. The Balaban J connectivity index is 0. The van der Waals surface area contributed by atoms with Crippen molar-refractivity contribution in [2.75, 3.05) is 0 Å². The van der Waals surface area contributed by atoms with Gasteiger partial charge >= 0.3 is 37.7 Å². The van der Waals surface area contributed by atoms with Crippen LogP contribution >= 0.6 is 12.4 Å². The molecular weight excluding hydrogens is 188 g/mol. The van der Waals surface area contributed by atoms with E-state index in [1.54, 1.807) is 0 Å². The first kappa shape index (κ1) is 547. The van der Waals surface area contributed by atoms with Crippen molar-refractivity contribution in [1.29, 1.82) is 0 Å². The van der Waals surface area contributed by atoms with Crippen molar-refractivity contribution in [3.05, 3.63) is 0 Å². The SMILES string of the molecule is Cl.O.O.O.O.O.O.O.[CaH2]. The summed E-state index contributed by atoms with van der Waals surface area (Å²) < 4.78 is 0. The van der Waals surface area contributed by atoms with Gasteiger partial charge < -0.3 is 38.3 Å². The molecule has 0 aliphatic carbocycles. The first-order valence-corrected chi connectivity index (χ1v) is 0. The van der Waals surface area contributed by atoms with Gasteiger partial charge in [-0.05, 0) is 0 Å². The average molecular weight is 205 g/mol. The fourth-order valence-corrected chi connectivity index (χ4v) is 0. The zero-order valence-electron chi connectivity index (χ0n) is 3.91. The molecule has 0 aromatic rings. The van der Waals surface area contributed by atoms with Gasteiger partial charge in [0.05, 0.1) is 0 Å². The molecule has 0 amide bonds. The molecule has 0 aliphatic heterocycles. The first-order valence-electron chi connectivity index (χ1n) is 0. The van der Waals surface area contributed by atoms with Gasteiger partial charge in [-0.1, -0.05) is 0 Å². The van der Waals surface area contributed by atoms with Crippen LogP contribution < -0.4 is 0 Å². The summed E-state index contributed by atoms with van der Waals surface area (Å²) in [7, 11) is 0. The molecule has 0 unspecified atom stereocenters. The van der Waals surface area contributed by atoms with Crippen molar-refractivity contribution in [3.63, 3.8) is 0 Å². The second-order valence-corrected chi connectivity index (χ2v) is 0. The van der Waals surface area contributed by atoms with Gasteiger partial charge in [-0.2, -0.15) is 0 Å².